The average Bonchev–Trinajstić information content (AvgIpc) is 3.51. The number of esters is 1. The van der Waals surface area contributed by atoms with Gasteiger partial charge in [0.15, 0.2) is 0 Å². The third-order valence-electron chi connectivity index (χ3n) is 17.6. The van der Waals surface area contributed by atoms with Gasteiger partial charge in [0.2, 0.25) is 5.91 Å². The number of carbonyl (C=O) groups is 2. The number of ether oxygens (including phenoxy) is 1. The van der Waals surface area contributed by atoms with Gasteiger partial charge in [-0.15, -0.1) is 0 Å². The SMILES string of the molecule is CCCCC/C=C\C/C=C\CCCCCCCCCCCC(=O)OCCCCCCCCCCC/C=C\C/C=C\CCCCCCCCCCCC(=O)NC(CO)C(O)CCCCCCCCCCCCCCCCCCCCCCCCC. The summed E-state index contributed by atoms with van der Waals surface area (Å²) in [6.45, 7) is 4.96. The van der Waals surface area contributed by atoms with Crippen molar-refractivity contribution in [3.8, 4) is 0 Å². The Bertz CT molecular complexity index is 1400. The minimum absolute atomic E-state index is 0.00583. The molecule has 0 aromatic rings. The fraction of sp³-hybridized carbons (Fsp3) is 0.872. The molecule has 3 N–H and O–H groups in total. The van der Waals surface area contributed by atoms with Crippen LogP contribution in [0.1, 0.15) is 412 Å². The van der Waals surface area contributed by atoms with Gasteiger partial charge in [-0.05, 0) is 89.9 Å². The van der Waals surface area contributed by atoms with E-state index < -0.39 is 12.1 Å². The molecule has 0 aromatic heterocycles. The molecule has 0 aliphatic rings. The molecule has 0 saturated carbocycles. The van der Waals surface area contributed by atoms with Crippen molar-refractivity contribution >= 4 is 11.9 Å². The summed E-state index contributed by atoms with van der Waals surface area (Å²) < 4.78 is 5.50. The first kappa shape index (κ1) is 81.8. The number of carbonyl (C=O) groups excluding carboxylic acids is 2. The van der Waals surface area contributed by atoms with Crippen molar-refractivity contribution in [1.29, 1.82) is 0 Å². The molecule has 0 saturated heterocycles. The molecule has 0 fully saturated rings. The molecule has 2 unspecified atom stereocenters. The lowest BCUT2D eigenvalue weighted by atomic mass is 10.0. The van der Waals surface area contributed by atoms with E-state index in [1.165, 1.54) is 321 Å². The number of hydrogen-bond donors (Lipinski definition) is 3. The van der Waals surface area contributed by atoms with Crippen LogP contribution >= 0.6 is 0 Å². The highest BCUT2D eigenvalue weighted by atomic mass is 16.5. The molecule has 0 radical (unpaired) electrons. The molecule has 0 aromatic carbocycles. The van der Waals surface area contributed by atoms with E-state index in [2.05, 4.69) is 67.8 Å². The lowest BCUT2D eigenvalue weighted by molar-refractivity contribution is -0.143. The smallest absolute Gasteiger partial charge is 0.305 e. The molecule has 0 aliphatic carbocycles. The van der Waals surface area contributed by atoms with Crippen LogP contribution in [0.4, 0.5) is 0 Å². The largest absolute Gasteiger partial charge is 0.466 e. The fourth-order valence-electron chi connectivity index (χ4n) is 11.8. The molecule has 6 nitrogen and oxygen atoms in total. The zero-order chi connectivity index (χ0) is 60.6. The second kappa shape index (κ2) is 73.3. The molecule has 1 amide bonds. The lowest BCUT2D eigenvalue weighted by Crippen LogP contribution is -2.45. The molecular weight excluding hydrogens is 1030 g/mol. The zero-order valence-electron chi connectivity index (χ0n) is 56.6. The summed E-state index contributed by atoms with van der Waals surface area (Å²) in [5, 5.41) is 23.4. The number of hydrogen-bond acceptors (Lipinski definition) is 5. The minimum atomic E-state index is -0.671. The van der Waals surface area contributed by atoms with Crippen molar-refractivity contribution in [2.45, 2.75) is 424 Å². The summed E-state index contributed by atoms with van der Waals surface area (Å²) in [4.78, 5) is 24.7. The van der Waals surface area contributed by atoms with Crippen LogP contribution in [0.5, 0.6) is 0 Å². The van der Waals surface area contributed by atoms with Crippen molar-refractivity contribution in [3.63, 3.8) is 0 Å². The van der Waals surface area contributed by atoms with Gasteiger partial charge in [0.1, 0.15) is 0 Å². The van der Waals surface area contributed by atoms with Crippen molar-refractivity contribution in [2.24, 2.45) is 0 Å². The van der Waals surface area contributed by atoms with Gasteiger partial charge in [-0.2, -0.15) is 0 Å². The molecule has 0 rings (SSSR count). The Morgan fingerprint density at radius 1 is 0.333 bits per heavy atom. The summed E-state index contributed by atoms with van der Waals surface area (Å²) in [5.74, 6) is -0.0312. The fourth-order valence-corrected chi connectivity index (χ4v) is 11.8. The monoisotopic (exact) mass is 1180 g/mol. The van der Waals surface area contributed by atoms with Crippen LogP contribution in [0.15, 0.2) is 48.6 Å². The van der Waals surface area contributed by atoms with E-state index in [1.54, 1.807) is 0 Å². The van der Waals surface area contributed by atoms with Gasteiger partial charge in [0.05, 0.1) is 25.4 Å². The van der Waals surface area contributed by atoms with Crippen LogP contribution in [0.2, 0.25) is 0 Å². The standard InChI is InChI=1S/C78H147NO5/c1-3-5-7-9-11-13-15-17-19-21-23-24-28-31-35-38-42-46-50-54-58-62-66-70-76(81)75(74-80)79-77(82)71-67-63-59-55-51-47-43-39-36-32-29-26-25-27-30-33-37-41-45-49-53-57-61-65-69-73-84-78(83)72-68-64-60-56-52-48-44-40-34-22-20-18-16-14-12-10-8-6-4-2/h12,14,18,20,26-27,29-30,75-76,80-81H,3-11,13,15-17,19,21-25,28,31-74H2,1-2H3,(H,79,82)/b14-12-,20-18-,29-26-,30-27-. The van der Waals surface area contributed by atoms with Gasteiger partial charge < -0.3 is 20.3 Å². The van der Waals surface area contributed by atoms with E-state index in [4.69, 9.17) is 4.74 Å². The molecule has 2 atom stereocenters. The van der Waals surface area contributed by atoms with Gasteiger partial charge in [-0.3, -0.25) is 9.59 Å². The van der Waals surface area contributed by atoms with Crippen molar-refractivity contribution in [3.05, 3.63) is 48.6 Å². The van der Waals surface area contributed by atoms with Crippen LogP contribution in [-0.2, 0) is 14.3 Å². The molecule has 6 heteroatoms. The number of aliphatic hydroxyl groups is 2. The Morgan fingerprint density at radius 3 is 0.929 bits per heavy atom. The molecule has 84 heavy (non-hydrogen) atoms. The predicted molar refractivity (Wildman–Crippen MR) is 370 cm³/mol. The van der Waals surface area contributed by atoms with Gasteiger partial charge >= 0.3 is 5.97 Å². The molecule has 0 spiro atoms. The zero-order valence-corrected chi connectivity index (χ0v) is 56.6. The summed E-state index contributed by atoms with van der Waals surface area (Å²) in [6.07, 6.45) is 96.0. The third kappa shape index (κ3) is 68.9. The first-order valence-corrected chi connectivity index (χ1v) is 37.9. The van der Waals surface area contributed by atoms with Crippen LogP contribution in [0, 0.1) is 0 Å². The van der Waals surface area contributed by atoms with Gasteiger partial charge in [-0.1, -0.05) is 358 Å². The van der Waals surface area contributed by atoms with Crippen LogP contribution in [-0.4, -0.2) is 47.4 Å². The maximum Gasteiger partial charge on any atom is 0.305 e. The molecule has 0 aliphatic heterocycles. The third-order valence-corrected chi connectivity index (χ3v) is 17.6. The highest BCUT2D eigenvalue weighted by molar-refractivity contribution is 5.76. The highest BCUT2D eigenvalue weighted by Gasteiger charge is 2.20. The van der Waals surface area contributed by atoms with Crippen LogP contribution < -0.4 is 5.32 Å². The van der Waals surface area contributed by atoms with E-state index in [9.17, 15) is 19.8 Å². The molecule has 494 valence electrons. The molecule has 0 bridgehead atoms. The van der Waals surface area contributed by atoms with E-state index in [0.717, 1.165) is 57.8 Å². The maximum absolute atomic E-state index is 12.6. The van der Waals surface area contributed by atoms with E-state index in [0.29, 0.717) is 25.9 Å². The number of nitrogens with one attached hydrogen (secondary N) is 1. The first-order valence-electron chi connectivity index (χ1n) is 37.9. The quantitative estimate of drug-likeness (QED) is 0.0320. The molecule has 0 heterocycles. The van der Waals surface area contributed by atoms with Gasteiger partial charge in [0.25, 0.3) is 0 Å². The minimum Gasteiger partial charge on any atom is -0.466 e. The summed E-state index contributed by atoms with van der Waals surface area (Å²) in [5.41, 5.74) is 0. The summed E-state index contributed by atoms with van der Waals surface area (Å²) in [7, 11) is 0. The summed E-state index contributed by atoms with van der Waals surface area (Å²) >= 11 is 0. The van der Waals surface area contributed by atoms with E-state index in [1.807, 2.05) is 0 Å². The average molecular weight is 1180 g/mol. The number of aliphatic hydroxyl groups excluding tert-OH is 2. The van der Waals surface area contributed by atoms with E-state index >= 15 is 0 Å². The Labute approximate surface area is 525 Å². The second-order valence-corrected chi connectivity index (χ2v) is 26.0. The van der Waals surface area contributed by atoms with Gasteiger partial charge in [-0.25, -0.2) is 0 Å². The lowest BCUT2D eigenvalue weighted by Gasteiger charge is -2.22. The number of unbranched alkanes of at least 4 members (excludes halogenated alkanes) is 52. The van der Waals surface area contributed by atoms with Gasteiger partial charge in [0, 0.05) is 12.8 Å². The maximum atomic E-state index is 12.6. The number of allylic oxidation sites excluding steroid dienone is 8. The normalized spacial score (nSPS) is 12.8. The number of rotatable bonds is 71. The van der Waals surface area contributed by atoms with E-state index in [-0.39, 0.29) is 18.5 Å². The Balaban J connectivity index is 3.42. The van der Waals surface area contributed by atoms with Crippen molar-refractivity contribution < 1.29 is 24.5 Å². The van der Waals surface area contributed by atoms with Crippen molar-refractivity contribution in [2.75, 3.05) is 13.2 Å². The van der Waals surface area contributed by atoms with Crippen molar-refractivity contribution in [1.82, 2.24) is 5.32 Å². The Morgan fingerprint density at radius 2 is 0.595 bits per heavy atom. The second-order valence-electron chi connectivity index (χ2n) is 26.0. The topological polar surface area (TPSA) is 95.9 Å². The predicted octanol–water partition coefficient (Wildman–Crippen LogP) is 24.8. The number of amides is 1. The van der Waals surface area contributed by atoms with Crippen LogP contribution in [0.3, 0.4) is 0 Å². The Hall–Kier alpha value is -2.18. The molecular formula is C78H147NO5. The highest BCUT2D eigenvalue weighted by Crippen LogP contribution is 2.19. The van der Waals surface area contributed by atoms with Crippen LogP contribution in [0.25, 0.3) is 0 Å². The Kier molecular flexibility index (Phi) is 71.4. The first-order chi connectivity index (χ1) is 41.5. The summed E-state index contributed by atoms with van der Waals surface area (Å²) in [6, 6.07) is -0.549.